The van der Waals surface area contributed by atoms with Gasteiger partial charge in [0.2, 0.25) is 0 Å². The van der Waals surface area contributed by atoms with Gasteiger partial charge in [0.25, 0.3) is 15.9 Å². The van der Waals surface area contributed by atoms with Gasteiger partial charge in [-0.05, 0) is 52.7 Å². The molecule has 0 saturated heterocycles. The third kappa shape index (κ3) is 5.56. The van der Waals surface area contributed by atoms with Crippen LogP contribution in [0.15, 0.2) is 83.3 Å². The fraction of sp³-hybridized carbons (Fsp3) is 0.111. The number of para-hydroxylation sites is 1. The Labute approximate surface area is 232 Å². The Balaban J connectivity index is 1.45. The summed E-state index contributed by atoms with van der Waals surface area (Å²) in [5, 5.41) is 5.81. The van der Waals surface area contributed by atoms with Crippen LogP contribution in [0.1, 0.15) is 15.9 Å². The van der Waals surface area contributed by atoms with Crippen LogP contribution in [0.4, 0.5) is 5.69 Å². The number of amides is 1. The number of halogens is 1. The van der Waals surface area contributed by atoms with Gasteiger partial charge in [0.05, 0.1) is 23.9 Å². The van der Waals surface area contributed by atoms with E-state index in [1.165, 1.54) is 55.1 Å². The number of hydrogen-bond acceptors (Lipinski definition) is 8. The monoisotopic (exact) mass is 580 g/mol. The van der Waals surface area contributed by atoms with Gasteiger partial charge in [-0.1, -0.05) is 35.9 Å². The second kappa shape index (κ2) is 11.0. The Morgan fingerprint density at radius 3 is 2.67 bits per heavy atom. The lowest BCUT2D eigenvalue weighted by atomic mass is 10.0. The Morgan fingerprint density at radius 1 is 1.05 bits per heavy atom. The number of carbonyl (C=O) groups excluding carboxylic acids is 2. The number of carbonyl (C=O) groups is 2. The maximum absolute atomic E-state index is 13.4. The van der Waals surface area contributed by atoms with Crippen LogP contribution in [0.3, 0.4) is 0 Å². The summed E-state index contributed by atoms with van der Waals surface area (Å²) >= 11 is 7.69. The van der Waals surface area contributed by atoms with Gasteiger partial charge in [0.15, 0.2) is 0 Å². The number of sulfonamides is 1. The van der Waals surface area contributed by atoms with E-state index >= 15 is 0 Å². The van der Waals surface area contributed by atoms with Gasteiger partial charge in [0, 0.05) is 28.5 Å². The molecule has 3 aromatic carbocycles. The minimum absolute atomic E-state index is 0.0293. The summed E-state index contributed by atoms with van der Waals surface area (Å²) in [6, 6.07) is 15.5. The van der Waals surface area contributed by atoms with Crippen LogP contribution < -0.4 is 10.0 Å². The molecule has 0 bridgehead atoms. The number of thiophene rings is 1. The van der Waals surface area contributed by atoms with Crippen molar-refractivity contribution in [3.05, 3.63) is 94.6 Å². The molecule has 5 aromatic rings. The van der Waals surface area contributed by atoms with Crippen LogP contribution in [0, 0.1) is 0 Å². The number of anilines is 1. The fourth-order valence-corrected chi connectivity index (χ4v) is 6.55. The van der Waals surface area contributed by atoms with Crippen LogP contribution in [-0.4, -0.2) is 43.4 Å². The molecule has 0 aliphatic rings. The molecule has 1 amide bonds. The van der Waals surface area contributed by atoms with Crippen molar-refractivity contribution in [2.45, 2.75) is 17.4 Å². The van der Waals surface area contributed by atoms with E-state index in [0.29, 0.717) is 5.52 Å². The standard InChI is InChI=1S/C27H21ClN4O5S2/c1-37-27(34)22(13-16-15-38-23-7-3-2-5-18(16)23)31-26(33)19-10-9-17(28)14-21(19)32-39(35,36)24-8-4-6-20-25(24)30-12-11-29-20/h2-12,14-15,22,32H,13H2,1H3,(H,31,33)/t22-/m0/s1. The molecule has 1 atom stereocenters. The molecule has 39 heavy (non-hydrogen) atoms. The summed E-state index contributed by atoms with van der Waals surface area (Å²) in [4.78, 5) is 34.2. The Kier molecular flexibility index (Phi) is 7.47. The number of nitrogens with one attached hydrogen (secondary N) is 2. The lowest BCUT2D eigenvalue weighted by Gasteiger charge is -2.18. The number of benzene rings is 3. The van der Waals surface area contributed by atoms with Crippen molar-refractivity contribution >= 4 is 71.6 Å². The summed E-state index contributed by atoms with van der Waals surface area (Å²) in [7, 11) is -2.97. The van der Waals surface area contributed by atoms with E-state index < -0.39 is 27.9 Å². The van der Waals surface area contributed by atoms with Gasteiger partial charge in [-0.25, -0.2) is 13.2 Å². The predicted molar refractivity (Wildman–Crippen MR) is 151 cm³/mol. The molecule has 198 valence electrons. The van der Waals surface area contributed by atoms with E-state index in [-0.39, 0.29) is 33.1 Å². The molecule has 0 radical (unpaired) electrons. The SMILES string of the molecule is COC(=O)[C@H](Cc1csc2ccccc12)NC(=O)c1ccc(Cl)cc1NS(=O)(=O)c1cccc2nccnc12. The maximum Gasteiger partial charge on any atom is 0.328 e. The number of ether oxygens (including phenoxy) is 1. The molecular weight excluding hydrogens is 560 g/mol. The van der Waals surface area contributed by atoms with Crippen molar-refractivity contribution < 1.29 is 22.7 Å². The number of nitrogens with zero attached hydrogens (tertiary/aromatic N) is 2. The van der Waals surface area contributed by atoms with E-state index in [1.807, 2.05) is 29.6 Å². The fourth-order valence-electron chi connectivity index (χ4n) is 4.16. The highest BCUT2D eigenvalue weighted by Crippen LogP contribution is 2.28. The van der Waals surface area contributed by atoms with Gasteiger partial charge in [-0.15, -0.1) is 11.3 Å². The molecule has 2 N–H and O–H groups in total. The maximum atomic E-state index is 13.4. The second-order valence-electron chi connectivity index (χ2n) is 8.49. The summed E-state index contributed by atoms with van der Waals surface area (Å²) in [5.41, 5.74) is 1.35. The van der Waals surface area contributed by atoms with Crippen LogP contribution in [0.2, 0.25) is 5.02 Å². The van der Waals surface area contributed by atoms with Crippen LogP contribution >= 0.6 is 22.9 Å². The number of hydrogen-bond donors (Lipinski definition) is 2. The van der Waals surface area contributed by atoms with Crippen molar-refractivity contribution in [1.82, 2.24) is 15.3 Å². The molecule has 12 heteroatoms. The number of methoxy groups -OCH3 is 1. The topological polar surface area (TPSA) is 127 Å². The average Bonchev–Trinajstić information content (AvgIpc) is 3.34. The lowest BCUT2D eigenvalue weighted by Crippen LogP contribution is -2.43. The predicted octanol–water partition coefficient (Wildman–Crippen LogP) is 4.81. The van der Waals surface area contributed by atoms with E-state index in [1.54, 1.807) is 12.1 Å². The zero-order chi connectivity index (χ0) is 27.6. The van der Waals surface area contributed by atoms with Crippen molar-refractivity contribution in [1.29, 1.82) is 0 Å². The Morgan fingerprint density at radius 2 is 1.85 bits per heavy atom. The normalized spacial score (nSPS) is 12.3. The summed E-state index contributed by atoms with van der Waals surface area (Å²) in [5.74, 6) is -1.32. The second-order valence-corrected chi connectivity index (χ2v) is 11.5. The van der Waals surface area contributed by atoms with E-state index in [4.69, 9.17) is 16.3 Å². The third-order valence-electron chi connectivity index (χ3n) is 6.00. The number of fused-ring (bicyclic) bond motifs is 2. The van der Waals surface area contributed by atoms with Gasteiger partial charge in [0.1, 0.15) is 16.5 Å². The zero-order valence-corrected chi connectivity index (χ0v) is 22.8. The van der Waals surface area contributed by atoms with Crippen LogP contribution in [0.25, 0.3) is 21.1 Å². The molecule has 2 aromatic heterocycles. The molecular formula is C27H21ClN4O5S2. The molecule has 5 rings (SSSR count). The van der Waals surface area contributed by atoms with Crippen molar-refractivity contribution in [3.8, 4) is 0 Å². The molecule has 0 unspecified atom stereocenters. The van der Waals surface area contributed by atoms with Gasteiger partial charge in [-0.2, -0.15) is 0 Å². The number of aromatic nitrogens is 2. The molecule has 2 heterocycles. The molecule has 0 saturated carbocycles. The highest BCUT2D eigenvalue weighted by atomic mass is 35.5. The number of esters is 1. The van der Waals surface area contributed by atoms with Crippen molar-refractivity contribution in [2.24, 2.45) is 0 Å². The lowest BCUT2D eigenvalue weighted by molar-refractivity contribution is -0.142. The summed E-state index contributed by atoms with van der Waals surface area (Å²) in [6.07, 6.45) is 3.04. The first kappa shape index (κ1) is 26.5. The quantitative estimate of drug-likeness (QED) is 0.252. The van der Waals surface area contributed by atoms with Gasteiger partial charge in [-0.3, -0.25) is 19.5 Å². The number of rotatable bonds is 8. The molecule has 0 aliphatic carbocycles. The largest absolute Gasteiger partial charge is 0.467 e. The van der Waals surface area contributed by atoms with Gasteiger partial charge < -0.3 is 10.1 Å². The summed E-state index contributed by atoms with van der Waals surface area (Å²) in [6.45, 7) is 0. The Hall–Kier alpha value is -4.06. The van der Waals surface area contributed by atoms with Crippen molar-refractivity contribution in [2.75, 3.05) is 11.8 Å². The smallest absolute Gasteiger partial charge is 0.328 e. The first-order valence-electron chi connectivity index (χ1n) is 11.6. The Bertz CT molecular complexity index is 1820. The first-order valence-corrected chi connectivity index (χ1v) is 14.4. The van der Waals surface area contributed by atoms with Crippen LogP contribution in [-0.2, 0) is 26.0 Å². The van der Waals surface area contributed by atoms with Crippen LogP contribution in [0.5, 0.6) is 0 Å². The molecule has 9 nitrogen and oxygen atoms in total. The van der Waals surface area contributed by atoms with E-state index in [2.05, 4.69) is 20.0 Å². The zero-order valence-electron chi connectivity index (χ0n) is 20.4. The molecule has 0 aliphatic heterocycles. The average molecular weight is 581 g/mol. The van der Waals surface area contributed by atoms with Crippen molar-refractivity contribution in [3.63, 3.8) is 0 Å². The molecule has 0 spiro atoms. The highest BCUT2D eigenvalue weighted by Gasteiger charge is 2.27. The summed E-state index contributed by atoms with van der Waals surface area (Å²) < 4.78 is 35.2. The minimum Gasteiger partial charge on any atom is -0.467 e. The van der Waals surface area contributed by atoms with E-state index in [0.717, 1.165) is 15.6 Å². The van der Waals surface area contributed by atoms with E-state index in [9.17, 15) is 18.0 Å². The minimum atomic E-state index is -4.21. The van der Waals surface area contributed by atoms with Gasteiger partial charge >= 0.3 is 5.97 Å². The first-order chi connectivity index (χ1) is 18.8. The third-order valence-corrected chi connectivity index (χ3v) is 8.64. The molecule has 0 fully saturated rings. The highest BCUT2D eigenvalue weighted by molar-refractivity contribution is 7.93.